The molecule has 1 aromatic carbocycles. The van der Waals surface area contributed by atoms with Gasteiger partial charge in [0.1, 0.15) is 0 Å². The molecule has 3 heteroatoms. The van der Waals surface area contributed by atoms with Gasteiger partial charge in [-0.25, -0.2) is 0 Å². The Kier molecular flexibility index (Phi) is 4.95. The highest BCUT2D eigenvalue weighted by Crippen LogP contribution is 2.32. The highest BCUT2D eigenvalue weighted by molar-refractivity contribution is 7.99. The lowest BCUT2D eigenvalue weighted by Gasteiger charge is -2.23. The van der Waals surface area contributed by atoms with Crippen LogP contribution in [0, 0.1) is 0 Å². The van der Waals surface area contributed by atoms with Crippen molar-refractivity contribution in [2.45, 2.75) is 37.6 Å². The van der Waals surface area contributed by atoms with Crippen molar-refractivity contribution in [2.75, 3.05) is 30.8 Å². The molecule has 1 N–H and O–H groups in total. The summed E-state index contributed by atoms with van der Waals surface area (Å²) in [5.74, 6) is 1.28. The number of rotatable bonds is 5. The van der Waals surface area contributed by atoms with Crippen LogP contribution in [0.5, 0.6) is 0 Å². The van der Waals surface area contributed by atoms with Crippen LogP contribution in [0.25, 0.3) is 0 Å². The van der Waals surface area contributed by atoms with Crippen molar-refractivity contribution in [1.29, 1.82) is 0 Å². The average molecular weight is 264 g/mol. The van der Waals surface area contributed by atoms with Crippen molar-refractivity contribution in [2.24, 2.45) is 0 Å². The molecule has 1 aromatic rings. The Balaban J connectivity index is 1.95. The Morgan fingerprint density at radius 1 is 1.39 bits per heavy atom. The maximum absolute atomic E-state index is 3.46. The highest BCUT2D eigenvalue weighted by atomic mass is 32.2. The molecule has 0 amide bonds. The summed E-state index contributed by atoms with van der Waals surface area (Å²) in [4.78, 5) is 3.83. The Hall–Kier alpha value is -0.670. The molecular weight excluding hydrogens is 240 g/mol. The van der Waals surface area contributed by atoms with E-state index in [0.717, 1.165) is 13.1 Å². The zero-order valence-corrected chi connectivity index (χ0v) is 12.5. The van der Waals surface area contributed by atoms with Crippen LogP contribution in [0.15, 0.2) is 23.1 Å². The molecule has 2 rings (SSSR count). The van der Waals surface area contributed by atoms with Crippen LogP contribution in [-0.4, -0.2) is 31.9 Å². The smallest absolute Gasteiger partial charge is 0.0367 e. The Morgan fingerprint density at radius 3 is 3.00 bits per heavy atom. The van der Waals surface area contributed by atoms with Crippen LogP contribution in [0.1, 0.15) is 25.8 Å². The number of hydrogen-bond acceptors (Lipinski definition) is 3. The molecule has 100 valence electrons. The van der Waals surface area contributed by atoms with E-state index in [0.29, 0.717) is 6.04 Å². The molecule has 1 aliphatic heterocycles. The molecule has 1 aliphatic rings. The first-order valence-corrected chi connectivity index (χ1v) is 7.85. The lowest BCUT2D eigenvalue weighted by atomic mass is 10.1. The van der Waals surface area contributed by atoms with Crippen molar-refractivity contribution >= 4 is 17.4 Å². The van der Waals surface area contributed by atoms with E-state index in [9.17, 15) is 0 Å². The molecule has 0 atom stereocenters. The number of hydrogen-bond donors (Lipinski definition) is 1. The van der Waals surface area contributed by atoms with Crippen LogP contribution >= 0.6 is 11.8 Å². The molecule has 0 aliphatic carbocycles. The Morgan fingerprint density at radius 2 is 2.22 bits per heavy atom. The van der Waals surface area contributed by atoms with Gasteiger partial charge in [0, 0.05) is 36.8 Å². The summed E-state index contributed by atoms with van der Waals surface area (Å²) in [6.45, 7) is 6.48. The third-order valence-electron chi connectivity index (χ3n) is 3.33. The summed E-state index contributed by atoms with van der Waals surface area (Å²) in [5.41, 5.74) is 2.88. The fourth-order valence-electron chi connectivity index (χ4n) is 2.23. The summed E-state index contributed by atoms with van der Waals surface area (Å²) in [7, 11) is 2.18. The highest BCUT2D eigenvalue weighted by Gasteiger charge is 2.11. The Labute approximate surface area is 115 Å². The zero-order chi connectivity index (χ0) is 13.0. The number of nitrogens with zero attached hydrogens (tertiary/aromatic N) is 1. The molecule has 1 heterocycles. The van der Waals surface area contributed by atoms with E-state index in [1.807, 2.05) is 11.8 Å². The molecule has 2 nitrogen and oxygen atoms in total. The van der Waals surface area contributed by atoms with Crippen LogP contribution in [-0.2, 0) is 6.42 Å². The number of nitrogens with one attached hydrogen (secondary N) is 1. The number of likely N-dealkylation sites (N-methyl/N-ethyl adjacent to an activating group) is 1. The normalized spacial score (nSPS) is 14.7. The number of fused-ring (bicyclic) bond motifs is 1. The summed E-state index contributed by atoms with van der Waals surface area (Å²) < 4.78 is 0. The number of anilines is 1. The lowest BCUT2D eigenvalue weighted by molar-refractivity contribution is 0.589. The minimum absolute atomic E-state index is 0.568. The van der Waals surface area contributed by atoms with Gasteiger partial charge in [-0.05, 0) is 42.4 Å². The van der Waals surface area contributed by atoms with E-state index in [4.69, 9.17) is 0 Å². The van der Waals surface area contributed by atoms with Crippen LogP contribution in [0.4, 0.5) is 5.69 Å². The largest absolute Gasteiger partial charge is 0.373 e. The van der Waals surface area contributed by atoms with Crippen molar-refractivity contribution in [3.8, 4) is 0 Å². The predicted octanol–water partition coefficient (Wildman–Crippen LogP) is 3.16. The molecule has 0 fully saturated rings. The van der Waals surface area contributed by atoms with Gasteiger partial charge in [-0.15, -0.1) is 11.8 Å². The third-order valence-corrected chi connectivity index (χ3v) is 4.53. The summed E-state index contributed by atoms with van der Waals surface area (Å²) in [6.07, 6.45) is 2.56. The van der Waals surface area contributed by atoms with Gasteiger partial charge in [-0.2, -0.15) is 0 Å². The summed E-state index contributed by atoms with van der Waals surface area (Å²) >= 11 is 2.00. The molecular formula is C15H24N2S. The van der Waals surface area contributed by atoms with Gasteiger partial charge in [0.15, 0.2) is 0 Å². The number of benzene rings is 1. The fraction of sp³-hybridized carbons (Fsp3) is 0.600. The standard InChI is InChI=1S/C15H24N2S/c1-12(2)16-8-9-17(3)14-6-7-15-13(11-14)5-4-10-18-15/h6-7,11-12,16H,4-5,8-10H2,1-3H3. The molecule has 0 unspecified atom stereocenters. The van der Waals surface area contributed by atoms with Crippen molar-refractivity contribution in [1.82, 2.24) is 5.32 Å². The van der Waals surface area contributed by atoms with Crippen LogP contribution < -0.4 is 10.2 Å². The number of thioether (sulfide) groups is 1. The minimum Gasteiger partial charge on any atom is -0.373 e. The summed E-state index contributed by atoms with van der Waals surface area (Å²) in [5, 5.41) is 3.46. The van der Waals surface area contributed by atoms with Gasteiger partial charge in [-0.3, -0.25) is 0 Å². The predicted molar refractivity (Wildman–Crippen MR) is 81.9 cm³/mol. The molecule has 0 bridgehead atoms. The first-order chi connectivity index (χ1) is 8.66. The first kappa shape index (κ1) is 13.8. The zero-order valence-electron chi connectivity index (χ0n) is 11.7. The molecule has 0 saturated heterocycles. The van der Waals surface area contributed by atoms with Crippen molar-refractivity contribution in [3.63, 3.8) is 0 Å². The molecule has 0 radical (unpaired) electrons. The van der Waals surface area contributed by atoms with Crippen molar-refractivity contribution in [3.05, 3.63) is 23.8 Å². The van der Waals surface area contributed by atoms with Gasteiger partial charge < -0.3 is 10.2 Å². The fourth-order valence-corrected chi connectivity index (χ4v) is 3.25. The topological polar surface area (TPSA) is 15.3 Å². The minimum atomic E-state index is 0.568. The maximum atomic E-state index is 3.46. The SMILES string of the molecule is CC(C)NCCN(C)c1ccc2c(c1)CCCS2. The molecule has 18 heavy (non-hydrogen) atoms. The van der Waals surface area contributed by atoms with E-state index in [2.05, 4.69) is 49.3 Å². The second-order valence-electron chi connectivity index (χ2n) is 5.27. The van der Waals surface area contributed by atoms with E-state index in [-0.39, 0.29) is 0 Å². The summed E-state index contributed by atoms with van der Waals surface area (Å²) in [6, 6.07) is 7.49. The van der Waals surface area contributed by atoms with Crippen LogP contribution in [0.2, 0.25) is 0 Å². The van der Waals surface area contributed by atoms with Gasteiger partial charge >= 0.3 is 0 Å². The molecule has 0 saturated carbocycles. The third kappa shape index (κ3) is 3.66. The van der Waals surface area contributed by atoms with Crippen LogP contribution in [0.3, 0.4) is 0 Å². The quantitative estimate of drug-likeness (QED) is 0.879. The van der Waals surface area contributed by atoms with Crippen molar-refractivity contribution < 1.29 is 0 Å². The van der Waals surface area contributed by atoms with Gasteiger partial charge in [0.25, 0.3) is 0 Å². The van der Waals surface area contributed by atoms with Gasteiger partial charge in [0.05, 0.1) is 0 Å². The first-order valence-electron chi connectivity index (χ1n) is 6.87. The van der Waals surface area contributed by atoms with Gasteiger partial charge in [0.2, 0.25) is 0 Å². The second-order valence-corrected chi connectivity index (χ2v) is 6.41. The molecule has 0 spiro atoms. The van der Waals surface area contributed by atoms with E-state index < -0.39 is 0 Å². The van der Waals surface area contributed by atoms with Gasteiger partial charge in [-0.1, -0.05) is 13.8 Å². The molecule has 0 aromatic heterocycles. The lowest BCUT2D eigenvalue weighted by Crippen LogP contribution is -2.32. The second kappa shape index (κ2) is 6.48. The Bertz CT molecular complexity index is 390. The van der Waals surface area contributed by atoms with E-state index >= 15 is 0 Å². The van der Waals surface area contributed by atoms with E-state index in [1.165, 1.54) is 34.7 Å². The number of aryl methyl sites for hydroxylation is 1. The van der Waals surface area contributed by atoms with E-state index in [1.54, 1.807) is 0 Å². The average Bonchev–Trinajstić information content (AvgIpc) is 2.37. The monoisotopic (exact) mass is 264 g/mol. The maximum Gasteiger partial charge on any atom is 0.0367 e.